The number of carbonyl (C=O) groups excluding carboxylic acids is 3. The molecular formula is C26H30N4O3. The lowest BCUT2D eigenvalue weighted by Crippen LogP contribution is -2.40. The Morgan fingerprint density at radius 3 is 2.33 bits per heavy atom. The van der Waals surface area contributed by atoms with Gasteiger partial charge in [0.25, 0.3) is 5.91 Å². The van der Waals surface area contributed by atoms with Gasteiger partial charge in [-0.3, -0.25) is 14.4 Å². The molecule has 33 heavy (non-hydrogen) atoms. The lowest BCUT2D eigenvalue weighted by Gasteiger charge is -2.31. The third kappa shape index (κ3) is 5.14. The number of hydrogen-bond donors (Lipinski definition) is 3. The van der Waals surface area contributed by atoms with Gasteiger partial charge in [-0.2, -0.15) is 0 Å². The van der Waals surface area contributed by atoms with Crippen molar-refractivity contribution >= 4 is 34.6 Å². The smallest absolute Gasteiger partial charge is 0.258 e. The first-order valence-corrected chi connectivity index (χ1v) is 11.3. The molecule has 0 aromatic heterocycles. The standard InChI is InChI=1S/C26H30N4O3/c1-16(31)20-8-9-23-22(14-20)24(26(33)29-23)25(28-21-10-12-30(3)13-11-21)19-6-4-18(5-7-19)15-27-17(2)32/h4-9,14,21,28H,10-13,15H2,1-3H3,(H,27,32)(H,29,33)/b25-24-. The molecule has 0 spiro atoms. The van der Waals surface area contributed by atoms with Gasteiger partial charge in [-0.05, 0) is 69.2 Å². The van der Waals surface area contributed by atoms with Gasteiger partial charge in [0.05, 0.1) is 11.3 Å². The number of carbonyl (C=O) groups is 3. The highest BCUT2D eigenvalue weighted by Crippen LogP contribution is 2.37. The number of ketones is 1. The van der Waals surface area contributed by atoms with Crippen molar-refractivity contribution in [2.24, 2.45) is 0 Å². The lowest BCUT2D eigenvalue weighted by atomic mass is 9.95. The summed E-state index contributed by atoms with van der Waals surface area (Å²) >= 11 is 0. The monoisotopic (exact) mass is 446 g/mol. The Morgan fingerprint density at radius 1 is 1.03 bits per heavy atom. The molecule has 0 bridgehead atoms. The van der Waals surface area contributed by atoms with E-state index in [1.165, 1.54) is 13.8 Å². The van der Waals surface area contributed by atoms with E-state index in [1.807, 2.05) is 24.3 Å². The molecule has 1 saturated heterocycles. The number of hydrogen-bond acceptors (Lipinski definition) is 5. The van der Waals surface area contributed by atoms with Crippen LogP contribution in [0.1, 0.15) is 53.7 Å². The SMILES string of the molecule is CC(=O)NCc1ccc(/C(NC2CCN(C)CC2)=C2/C(=O)Nc3ccc(C(C)=O)cc32)cc1. The van der Waals surface area contributed by atoms with Crippen LogP contribution in [0.15, 0.2) is 42.5 Å². The fraction of sp³-hybridized carbons (Fsp3) is 0.346. The molecular weight excluding hydrogens is 416 g/mol. The summed E-state index contributed by atoms with van der Waals surface area (Å²) in [4.78, 5) is 38.7. The van der Waals surface area contributed by atoms with E-state index < -0.39 is 0 Å². The first kappa shape index (κ1) is 22.7. The van der Waals surface area contributed by atoms with Crippen molar-refractivity contribution in [1.29, 1.82) is 0 Å². The van der Waals surface area contributed by atoms with Gasteiger partial charge in [0.2, 0.25) is 5.91 Å². The van der Waals surface area contributed by atoms with Crippen LogP contribution in [0.2, 0.25) is 0 Å². The highest BCUT2D eigenvalue weighted by atomic mass is 16.2. The summed E-state index contributed by atoms with van der Waals surface area (Å²) in [5.74, 6) is -0.293. The highest BCUT2D eigenvalue weighted by molar-refractivity contribution is 6.36. The molecule has 1 fully saturated rings. The number of fused-ring (bicyclic) bond motifs is 1. The third-order valence-electron chi connectivity index (χ3n) is 6.27. The van der Waals surface area contributed by atoms with Crippen LogP contribution in [0.25, 0.3) is 11.3 Å². The fourth-order valence-corrected chi connectivity index (χ4v) is 4.31. The van der Waals surface area contributed by atoms with E-state index in [2.05, 4.69) is 27.9 Å². The molecule has 172 valence electrons. The molecule has 2 aromatic rings. The summed E-state index contributed by atoms with van der Waals surface area (Å²) in [6, 6.07) is 13.4. The number of nitrogens with one attached hydrogen (secondary N) is 3. The molecule has 2 heterocycles. The average Bonchev–Trinajstić information content (AvgIpc) is 3.12. The van der Waals surface area contributed by atoms with Crippen molar-refractivity contribution in [3.8, 4) is 0 Å². The van der Waals surface area contributed by atoms with Crippen LogP contribution in [0.4, 0.5) is 5.69 Å². The largest absolute Gasteiger partial charge is 0.381 e. The van der Waals surface area contributed by atoms with E-state index in [-0.39, 0.29) is 23.6 Å². The van der Waals surface area contributed by atoms with Crippen LogP contribution in [-0.4, -0.2) is 48.7 Å². The number of piperidine rings is 1. The van der Waals surface area contributed by atoms with E-state index in [1.54, 1.807) is 18.2 Å². The quantitative estimate of drug-likeness (QED) is 0.469. The second kappa shape index (κ2) is 9.58. The van der Waals surface area contributed by atoms with Crippen molar-refractivity contribution in [1.82, 2.24) is 15.5 Å². The van der Waals surface area contributed by atoms with Crippen LogP contribution >= 0.6 is 0 Å². The zero-order valence-corrected chi connectivity index (χ0v) is 19.3. The Bertz CT molecular complexity index is 1110. The maximum atomic E-state index is 13.1. The Kier molecular flexibility index (Phi) is 6.60. The minimum Gasteiger partial charge on any atom is -0.381 e. The highest BCUT2D eigenvalue weighted by Gasteiger charge is 2.30. The van der Waals surface area contributed by atoms with E-state index in [4.69, 9.17) is 0 Å². The van der Waals surface area contributed by atoms with Crippen molar-refractivity contribution in [2.45, 2.75) is 39.3 Å². The number of Topliss-reactive ketones (excluding diaryl/α,β-unsaturated/α-hetero) is 1. The van der Waals surface area contributed by atoms with Gasteiger partial charge in [-0.15, -0.1) is 0 Å². The predicted molar refractivity (Wildman–Crippen MR) is 130 cm³/mol. The van der Waals surface area contributed by atoms with Crippen molar-refractivity contribution in [2.75, 3.05) is 25.5 Å². The first-order chi connectivity index (χ1) is 15.8. The normalized spacial score (nSPS) is 17.8. The maximum Gasteiger partial charge on any atom is 0.258 e. The summed E-state index contributed by atoms with van der Waals surface area (Å²) in [5, 5.41) is 9.42. The predicted octanol–water partition coefficient (Wildman–Crippen LogP) is 3.03. The van der Waals surface area contributed by atoms with E-state index in [0.717, 1.165) is 48.3 Å². The molecule has 2 aliphatic heterocycles. The molecule has 4 rings (SSSR count). The molecule has 0 aliphatic carbocycles. The number of anilines is 1. The van der Waals surface area contributed by atoms with Crippen molar-refractivity contribution in [3.05, 3.63) is 64.7 Å². The zero-order valence-electron chi connectivity index (χ0n) is 19.3. The van der Waals surface area contributed by atoms with Crippen LogP contribution in [0, 0.1) is 0 Å². The first-order valence-electron chi connectivity index (χ1n) is 11.3. The van der Waals surface area contributed by atoms with Gasteiger partial charge < -0.3 is 20.9 Å². The number of rotatable bonds is 6. The minimum atomic E-state index is -0.177. The molecule has 0 atom stereocenters. The van der Waals surface area contributed by atoms with Crippen LogP contribution in [0.5, 0.6) is 0 Å². The number of amides is 2. The van der Waals surface area contributed by atoms with Gasteiger partial charge in [0.1, 0.15) is 0 Å². The second-order valence-corrected chi connectivity index (χ2v) is 8.85. The molecule has 0 radical (unpaired) electrons. The molecule has 0 saturated carbocycles. The second-order valence-electron chi connectivity index (χ2n) is 8.85. The maximum absolute atomic E-state index is 13.1. The summed E-state index contributed by atoms with van der Waals surface area (Å²) in [7, 11) is 2.12. The Labute approximate surface area is 194 Å². The lowest BCUT2D eigenvalue weighted by molar-refractivity contribution is -0.119. The summed E-state index contributed by atoms with van der Waals surface area (Å²) in [6.07, 6.45) is 1.96. The topological polar surface area (TPSA) is 90.5 Å². The van der Waals surface area contributed by atoms with Crippen LogP contribution in [0.3, 0.4) is 0 Å². The van der Waals surface area contributed by atoms with Crippen molar-refractivity contribution < 1.29 is 14.4 Å². The number of nitrogens with zero attached hydrogens (tertiary/aromatic N) is 1. The minimum absolute atomic E-state index is 0.0383. The number of likely N-dealkylation sites (tertiary alicyclic amines) is 1. The average molecular weight is 447 g/mol. The molecule has 3 N–H and O–H groups in total. The molecule has 7 heteroatoms. The third-order valence-corrected chi connectivity index (χ3v) is 6.27. The Morgan fingerprint density at radius 2 is 1.70 bits per heavy atom. The van der Waals surface area contributed by atoms with Crippen LogP contribution in [-0.2, 0) is 16.1 Å². The van der Waals surface area contributed by atoms with Crippen LogP contribution < -0.4 is 16.0 Å². The van der Waals surface area contributed by atoms with Gasteiger partial charge in [0.15, 0.2) is 5.78 Å². The van der Waals surface area contributed by atoms with Gasteiger partial charge in [0, 0.05) is 36.3 Å². The molecule has 2 aromatic carbocycles. The zero-order chi connectivity index (χ0) is 23.5. The van der Waals surface area contributed by atoms with E-state index in [0.29, 0.717) is 23.4 Å². The summed E-state index contributed by atoms with van der Waals surface area (Å²) in [6.45, 7) is 5.46. The number of benzene rings is 2. The Balaban J connectivity index is 1.76. The van der Waals surface area contributed by atoms with Gasteiger partial charge in [-0.1, -0.05) is 24.3 Å². The summed E-state index contributed by atoms with van der Waals surface area (Å²) < 4.78 is 0. The van der Waals surface area contributed by atoms with Gasteiger partial charge in [-0.25, -0.2) is 0 Å². The van der Waals surface area contributed by atoms with Gasteiger partial charge >= 0.3 is 0 Å². The van der Waals surface area contributed by atoms with E-state index in [9.17, 15) is 14.4 Å². The molecule has 0 unspecified atom stereocenters. The van der Waals surface area contributed by atoms with Crippen molar-refractivity contribution in [3.63, 3.8) is 0 Å². The summed E-state index contributed by atoms with van der Waals surface area (Å²) in [5.41, 5.74) is 5.23. The molecule has 7 nitrogen and oxygen atoms in total. The fourth-order valence-electron chi connectivity index (χ4n) is 4.31. The molecule has 2 aliphatic rings. The van der Waals surface area contributed by atoms with E-state index >= 15 is 0 Å². The Hall–Kier alpha value is -3.45. The molecule has 2 amide bonds.